The van der Waals surface area contributed by atoms with E-state index in [4.69, 9.17) is 4.74 Å². The molecule has 1 aromatic rings. The lowest BCUT2D eigenvalue weighted by Gasteiger charge is -2.15. The fourth-order valence-electron chi connectivity index (χ4n) is 2.35. The fraction of sp³-hybridized carbons (Fsp3) is 0.588. The van der Waals surface area contributed by atoms with E-state index in [0.29, 0.717) is 6.42 Å². The second-order valence-electron chi connectivity index (χ2n) is 5.83. The number of thioether (sulfide) groups is 1. The standard InChI is InChI=1S/C17H25NO2S/c1-3-10-18-12-14-6-4-5-7-15(14)21-13-17(8-9-17)11-16(19)20-2/h4-7,18H,3,8-13H2,1-2H3. The maximum absolute atomic E-state index is 11.5. The largest absolute Gasteiger partial charge is 0.469 e. The van der Waals surface area contributed by atoms with E-state index in [1.807, 2.05) is 11.8 Å². The van der Waals surface area contributed by atoms with Gasteiger partial charge in [0.25, 0.3) is 0 Å². The first-order valence-corrected chi connectivity index (χ1v) is 8.66. The van der Waals surface area contributed by atoms with Gasteiger partial charge in [0, 0.05) is 17.2 Å². The lowest BCUT2D eigenvalue weighted by atomic mass is 10.1. The number of carbonyl (C=O) groups excluding carboxylic acids is 1. The Balaban J connectivity index is 1.89. The van der Waals surface area contributed by atoms with E-state index >= 15 is 0 Å². The van der Waals surface area contributed by atoms with Crippen LogP contribution in [-0.2, 0) is 16.1 Å². The van der Waals surface area contributed by atoms with Gasteiger partial charge in [0.1, 0.15) is 0 Å². The Bertz CT molecular complexity index is 472. The van der Waals surface area contributed by atoms with Crippen molar-refractivity contribution in [3.05, 3.63) is 29.8 Å². The molecule has 4 heteroatoms. The number of carbonyl (C=O) groups is 1. The van der Waals surface area contributed by atoms with Gasteiger partial charge in [-0.2, -0.15) is 0 Å². The summed E-state index contributed by atoms with van der Waals surface area (Å²) in [5.41, 5.74) is 1.53. The van der Waals surface area contributed by atoms with Gasteiger partial charge in [0.2, 0.25) is 0 Å². The average Bonchev–Trinajstić information content (AvgIpc) is 3.26. The molecule has 1 aliphatic rings. The van der Waals surface area contributed by atoms with E-state index in [1.54, 1.807) is 0 Å². The predicted octanol–water partition coefficient (Wildman–Crippen LogP) is 3.62. The van der Waals surface area contributed by atoms with Crippen molar-refractivity contribution in [1.82, 2.24) is 5.32 Å². The molecule has 1 aliphatic carbocycles. The third-order valence-electron chi connectivity index (χ3n) is 3.95. The van der Waals surface area contributed by atoms with Crippen molar-refractivity contribution in [2.75, 3.05) is 19.4 Å². The van der Waals surface area contributed by atoms with Crippen molar-refractivity contribution in [1.29, 1.82) is 0 Å². The molecule has 0 aromatic heterocycles. The normalized spacial score (nSPS) is 15.7. The Labute approximate surface area is 131 Å². The molecule has 0 radical (unpaired) electrons. The monoisotopic (exact) mass is 307 g/mol. The van der Waals surface area contributed by atoms with E-state index in [9.17, 15) is 4.79 Å². The van der Waals surface area contributed by atoms with Crippen LogP contribution < -0.4 is 5.32 Å². The average molecular weight is 307 g/mol. The molecule has 2 rings (SSSR count). The maximum Gasteiger partial charge on any atom is 0.306 e. The molecule has 1 N–H and O–H groups in total. The van der Waals surface area contributed by atoms with Crippen molar-refractivity contribution < 1.29 is 9.53 Å². The van der Waals surface area contributed by atoms with Crippen LogP contribution in [0.1, 0.15) is 38.2 Å². The van der Waals surface area contributed by atoms with Crippen LogP contribution in [0.2, 0.25) is 0 Å². The summed E-state index contributed by atoms with van der Waals surface area (Å²) in [5, 5.41) is 3.46. The van der Waals surface area contributed by atoms with Crippen LogP contribution in [0, 0.1) is 5.41 Å². The third kappa shape index (κ3) is 5.04. The third-order valence-corrected chi connectivity index (χ3v) is 5.42. The molecule has 0 heterocycles. The van der Waals surface area contributed by atoms with E-state index in [-0.39, 0.29) is 11.4 Å². The van der Waals surface area contributed by atoms with Crippen LogP contribution in [0.4, 0.5) is 0 Å². The second-order valence-corrected chi connectivity index (χ2v) is 6.84. The molecule has 0 aliphatic heterocycles. The van der Waals surface area contributed by atoms with E-state index in [1.165, 1.54) is 17.6 Å². The maximum atomic E-state index is 11.5. The summed E-state index contributed by atoms with van der Waals surface area (Å²) in [6.45, 7) is 4.14. The lowest BCUT2D eigenvalue weighted by Crippen LogP contribution is -2.15. The summed E-state index contributed by atoms with van der Waals surface area (Å²) in [7, 11) is 1.47. The number of methoxy groups -OCH3 is 1. The molecule has 0 spiro atoms. The van der Waals surface area contributed by atoms with Crippen molar-refractivity contribution in [2.24, 2.45) is 5.41 Å². The molecule has 3 nitrogen and oxygen atoms in total. The Kier molecular flexibility index (Phi) is 6.12. The van der Waals surface area contributed by atoms with Crippen LogP contribution >= 0.6 is 11.8 Å². The molecular weight excluding hydrogens is 282 g/mol. The second kappa shape index (κ2) is 7.85. The van der Waals surface area contributed by atoms with Gasteiger partial charge >= 0.3 is 5.97 Å². The molecule has 0 bridgehead atoms. The van der Waals surface area contributed by atoms with Crippen molar-refractivity contribution >= 4 is 17.7 Å². The number of nitrogens with one attached hydrogen (secondary N) is 1. The van der Waals surface area contributed by atoms with Gasteiger partial charge in [-0.15, -0.1) is 11.8 Å². The number of rotatable bonds is 9. The SMILES string of the molecule is CCCNCc1ccccc1SCC1(CC(=O)OC)CC1. The minimum Gasteiger partial charge on any atom is -0.469 e. The highest BCUT2D eigenvalue weighted by molar-refractivity contribution is 7.99. The molecule has 21 heavy (non-hydrogen) atoms. The zero-order valence-electron chi connectivity index (χ0n) is 13.0. The number of ether oxygens (including phenoxy) is 1. The highest BCUT2D eigenvalue weighted by atomic mass is 32.2. The van der Waals surface area contributed by atoms with Crippen LogP contribution in [0.3, 0.4) is 0 Å². The Morgan fingerprint density at radius 1 is 1.38 bits per heavy atom. The summed E-state index contributed by atoms with van der Waals surface area (Å²) >= 11 is 1.88. The zero-order valence-corrected chi connectivity index (χ0v) is 13.8. The fourth-order valence-corrected chi connectivity index (χ4v) is 3.70. The van der Waals surface area contributed by atoms with Crippen molar-refractivity contribution in [2.45, 2.75) is 44.0 Å². The highest BCUT2D eigenvalue weighted by Gasteiger charge is 2.44. The van der Waals surface area contributed by atoms with Gasteiger partial charge in [-0.25, -0.2) is 0 Å². The predicted molar refractivity (Wildman–Crippen MR) is 87.5 cm³/mol. The van der Waals surface area contributed by atoms with Gasteiger partial charge in [-0.3, -0.25) is 4.79 Å². The molecule has 0 saturated heterocycles. The molecule has 1 aromatic carbocycles. The lowest BCUT2D eigenvalue weighted by molar-refractivity contribution is -0.141. The van der Waals surface area contributed by atoms with Crippen LogP contribution in [0.5, 0.6) is 0 Å². The minimum atomic E-state index is -0.0778. The highest BCUT2D eigenvalue weighted by Crippen LogP contribution is 2.52. The summed E-state index contributed by atoms with van der Waals surface area (Å²) in [6.07, 6.45) is 4.00. The van der Waals surface area contributed by atoms with Crippen LogP contribution in [-0.4, -0.2) is 25.4 Å². The first kappa shape index (κ1) is 16.4. The Morgan fingerprint density at radius 2 is 2.14 bits per heavy atom. The van der Waals surface area contributed by atoms with Gasteiger partial charge in [0.05, 0.1) is 13.5 Å². The topological polar surface area (TPSA) is 38.3 Å². The molecule has 1 saturated carbocycles. The number of hydrogen-bond acceptors (Lipinski definition) is 4. The van der Waals surface area contributed by atoms with Crippen molar-refractivity contribution in [3.8, 4) is 0 Å². The number of benzene rings is 1. The van der Waals surface area contributed by atoms with E-state index in [2.05, 4.69) is 36.5 Å². The first-order valence-electron chi connectivity index (χ1n) is 7.67. The number of esters is 1. The van der Waals surface area contributed by atoms with Gasteiger partial charge < -0.3 is 10.1 Å². The van der Waals surface area contributed by atoms with E-state index < -0.39 is 0 Å². The van der Waals surface area contributed by atoms with Crippen LogP contribution in [0.25, 0.3) is 0 Å². The van der Waals surface area contributed by atoms with Crippen molar-refractivity contribution in [3.63, 3.8) is 0 Å². The Morgan fingerprint density at radius 3 is 2.81 bits per heavy atom. The smallest absolute Gasteiger partial charge is 0.306 e. The zero-order chi connectivity index (χ0) is 15.1. The molecule has 0 unspecified atom stereocenters. The summed E-state index contributed by atoms with van der Waals surface area (Å²) in [4.78, 5) is 12.8. The molecule has 116 valence electrons. The summed E-state index contributed by atoms with van der Waals surface area (Å²) in [6, 6.07) is 8.55. The minimum absolute atomic E-state index is 0.0778. The quantitative estimate of drug-likeness (QED) is 0.429. The molecular formula is C17H25NO2S. The first-order chi connectivity index (χ1) is 10.2. The van der Waals surface area contributed by atoms with Gasteiger partial charge in [0.15, 0.2) is 0 Å². The van der Waals surface area contributed by atoms with Crippen LogP contribution in [0.15, 0.2) is 29.2 Å². The summed E-state index contributed by atoms with van der Waals surface area (Å²) < 4.78 is 4.81. The summed E-state index contributed by atoms with van der Waals surface area (Å²) in [5.74, 6) is 0.929. The Hall–Kier alpha value is -1.00. The number of hydrogen-bond donors (Lipinski definition) is 1. The van der Waals surface area contributed by atoms with E-state index in [0.717, 1.165) is 38.1 Å². The molecule has 1 fully saturated rings. The molecule has 0 amide bonds. The van der Waals surface area contributed by atoms with Gasteiger partial charge in [-0.1, -0.05) is 25.1 Å². The van der Waals surface area contributed by atoms with Gasteiger partial charge in [-0.05, 0) is 42.9 Å². The molecule has 0 atom stereocenters.